The highest BCUT2D eigenvalue weighted by Crippen LogP contribution is 2.36. The maximum atomic E-state index is 13.9. The third-order valence-corrected chi connectivity index (χ3v) is 10.1. The van der Waals surface area contributed by atoms with Crippen LogP contribution >= 0.6 is 0 Å². The Labute approximate surface area is 256 Å². The molecule has 2 N–H and O–H groups in total. The number of amides is 1. The number of sulfonamides is 1. The zero-order valence-corrected chi connectivity index (χ0v) is 26.8. The van der Waals surface area contributed by atoms with Crippen LogP contribution in [0.3, 0.4) is 0 Å². The summed E-state index contributed by atoms with van der Waals surface area (Å²) in [6.45, 7) is 12.5. The van der Waals surface area contributed by atoms with Crippen molar-refractivity contribution in [3.63, 3.8) is 0 Å². The molecule has 0 saturated carbocycles. The molecule has 3 atom stereocenters. The van der Waals surface area contributed by atoms with Gasteiger partial charge in [0.1, 0.15) is 6.10 Å². The summed E-state index contributed by atoms with van der Waals surface area (Å²) in [4.78, 5) is 12.8. The van der Waals surface area contributed by atoms with Gasteiger partial charge in [0.05, 0.1) is 41.5 Å². The minimum Gasteiger partial charge on any atom is -0.444 e. The van der Waals surface area contributed by atoms with Crippen LogP contribution in [0.5, 0.6) is 0 Å². The maximum absolute atomic E-state index is 13.9. The molecule has 0 spiro atoms. The number of aliphatic hydroxyl groups is 1. The van der Waals surface area contributed by atoms with Crippen molar-refractivity contribution in [1.82, 2.24) is 9.62 Å². The third-order valence-electron chi connectivity index (χ3n) is 8.23. The first kappa shape index (κ1) is 33.4. The van der Waals surface area contributed by atoms with Crippen LogP contribution in [0.15, 0.2) is 59.5 Å². The largest absolute Gasteiger partial charge is 0.494 e. The smallest absolute Gasteiger partial charge is 0.444 e. The first-order chi connectivity index (χ1) is 20.2. The molecule has 2 aliphatic heterocycles. The SMILES string of the molecule is CC(C)CN(C[C@@H](O)C(Cc1ccccc1)NC(=O)O[C@H]1CCOC1)S(=O)(=O)c1ccc(B2OC(C)(C)C(C)(C)O2)cc1. The molecule has 43 heavy (non-hydrogen) atoms. The molecule has 2 saturated heterocycles. The van der Waals surface area contributed by atoms with Gasteiger partial charge < -0.3 is 29.2 Å². The molecule has 0 aliphatic carbocycles. The summed E-state index contributed by atoms with van der Waals surface area (Å²) in [5, 5.41) is 14.2. The van der Waals surface area contributed by atoms with Crippen LogP contribution in [0.25, 0.3) is 0 Å². The average Bonchev–Trinajstić information content (AvgIpc) is 3.52. The number of carbonyl (C=O) groups is 1. The molecule has 10 nitrogen and oxygen atoms in total. The van der Waals surface area contributed by atoms with Crippen LogP contribution in [-0.2, 0) is 35.2 Å². The Hall–Kier alpha value is -2.48. The maximum Gasteiger partial charge on any atom is 0.494 e. The number of aliphatic hydroxyl groups excluding tert-OH is 1. The highest BCUT2D eigenvalue weighted by atomic mass is 32.2. The van der Waals surface area contributed by atoms with E-state index in [1.807, 2.05) is 71.9 Å². The van der Waals surface area contributed by atoms with E-state index < -0.39 is 46.6 Å². The molecule has 1 unspecified atom stereocenters. The van der Waals surface area contributed by atoms with E-state index in [1.165, 1.54) is 16.4 Å². The molecule has 2 aliphatic rings. The number of rotatable bonds is 12. The Morgan fingerprint density at radius 3 is 2.23 bits per heavy atom. The van der Waals surface area contributed by atoms with Crippen molar-refractivity contribution in [2.75, 3.05) is 26.3 Å². The summed E-state index contributed by atoms with van der Waals surface area (Å²) in [7, 11) is -4.61. The Morgan fingerprint density at radius 1 is 1.05 bits per heavy atom. The number of hydrogen-bond acceptors (Lipinski definition) is 8. The molecule has 2 aromatic carbocycles. The van der Waals surface area contributed by atoms with E-state index in [2.05, 4.69) is 5.32 Å². The van der Waals surface area contributed by atoms with Gasteiger partial charge in [0, 0.05) is 19.5 Å². The Morgan fingerprint density at radius 2 is 1.67 bits per heavy atom. The number of hydrogen-bond donors (Lipinski definition) is 2. The van der Waals surface area contributed by atoms with Gasteiger partial charge in [-0.2, -0.15) is 4.31 Å². The first-order valence-electron chi connectivity index (χ1n) is 14.9. The zero-order chi connectivity index (χ0) is 31.4. The van der Waals surface area contributed by atoms with Crippen molar-refractivity contribution in [2.45, 2.75) is 88.7 Å². The van der Waals surface area contributed by atoms with Gasteiger partial charge in [-0.25, -0.2) is 13.2 Å². The Balaban J connectivity index is 1.52. The van der Waals surface area contributed by atoms with E-state index in [0.29, 0.717) is 25.1 Å². The second-order valence-corrected chi connectivity index (χ2v) is 14.7. The molecule has 12 heteroatoms. The fourth-order valence-electron chi connectivity index (χ4n) is 5.03. The summed E-state index contributed by atoms with van der Waals surface area (Å²) in [6.07, 6.45) is -1.35. The molecule has 0 bridgehead atoms. The highest BCUT2D eigenvalue weighted by molar-refractivity contribution is 7.89. The van der Waals surface area contributed by atoms with Crippen LogP contribution < -0.4 is 10.8 Å². The van der Waals surface area contributed by atoms with Gasteiger partial charge in [-0.3, -0.25) is 0 Å². The molecule has 236 valence electrons. The predicted molar refractivity (Wildman–Crippen MR) is 165 cm³/mol. The molecular formula is C31H45BN2O8S. The number of ether oxygens (including phenoxy) is 2. The fraction of sp³-hybridized carbons (Fsp3) is 0.581. The lowest BCUT2D eigenvalue weighted by molar-refractivity contribution is 0.00578. The van der Waals surface area contributed by atoms with E-state index in [0.717, 1.165) is 5.56 Å². The van der Waals surface area contributed by atoms with Crippen molar-refractivity contribution < 1.29 is 37.1 Å². The van der Waals surface area contributed by atoms with E-state index in [-0.39, 0.29) is 36.4 Å². The van der Waals surface area contributed by atoms with Gasteiger partial charge in [-0.15, -0.1) is 0 Å². The van der Waals surface area contributed by atoms with E-state index >= 15 is 0 Å². The van der Waals surface area contributed by atoms with Crippen LogP contribution in [0.1, 0.15) is 53.5 Å². The monoisotopic (exact) mass is 616 g/mol. The number of nitrogens with zero attached hydrogens (tertiary/aromatic N) is 1. The number of nitrogens with one attached hydrogen (secondary N) is 1. The molecule has 2 heterocycles. The molecule has 0 aromatic heterocycles. The number of carbonyl (C=O) groups excluding carboxylic acids is 1. The molecule has 2 aromatic rings. The average molecular weight is 617 g/mol. The normalized spacial score (nSPS) is 21.2. The van der Waals surface area contributed by atoms with Gasteiger partial charge in [-0.1, -0.05) is 56.3 Å². The highest BCUT2D eigenvalue weighted by Gasteiger charge is 2.51. The lowest BCUT2D eigenvalue weighted by atomic mass is 9.79. The summed E-state index contributed by atoms with van der Waals surface area (Å²) >= 11 is 0. The first-order valence-corrected chi connectivity index (χ1v) is 16.3. The molecule has 4 rings (SSSR count). The Kier molecular flexibility index (Phi) is 10.6. The summed E-state index contributed by atoms with van der Waals surface area (Å²) in [5.41, 5.74) is 0.557. The van der Waals surface area contributed by atoms with Crippen LogP contribution in [0.2, 0.25) is 0 Å². The van der Waals surface area contributed by atoms with Crippen molar-refractivity contribution in [3.05, 3.63) is 60.2 Å². The summed E-state index contributed by atoms with van der Waals surface area (Å²) in [6, 6.07) is 15.1. The summed E-state index contributed by atoms with van der Waals surface area (Å²) in [5.74, 6) is -0.0149. The zero-order valence-electron chi connectivity index (χ0n) is 26.0. The topological polar surface area (TPSA) is 124 Å². The minimum atomic E-state index is -4.00. The number of alkyl carbamates (subject to hydrolysis) is 1. The van der Waals surface area contributed by atoms with Gasteiger partial charge in [-0.05, 0) is 63.2 Å². The lowest BCUT2D eigenvalue weighted by Gasteiger charge is -2.32. The van der Waals surface area contributed by atoms with E-state index in [9.17, 15) is 18.3 Å². The van der Waals surface area contributed by atoms with Crippen LogP contribution in [-0.4, -0.2) is 86.8 Å². The third kappa shape index (κ3) is 8.37. The molecular weight excluding hydrogens is 571 g/mol. The van der Waals surface area contributed by atoms with Crippen LogP contribution in [0, 0.1) is 5.92 Å². The van der Waals surface area contributed by atoms with Crippen molar-refractivity contribution in [2.24, 2.45) is 5.92 Å². The van der Waals surface area contributed by atoms with Crippen LogP contribution in [0.4, 0.5) is 4.79 Å². The van der Waals surface area contributed by atoms with Crippen molar-refractivity contribution in [3.8, 4) is 0 Å². The van der Waals surface area contributed by atoms with E-state index in [1.54, 1.807) is 12.1 Å². The molecule has 0 radical (unpaired) electrons. The van der Waals surface area contributed by atoms with Crippen molar-refractivity contribution in [1.29, 1.82) is 0 Å². The second-order valence-electron chi connectivity index (χ2n) is 12.8. The fourth-order valence-corrected chi connectivity index (χ4v) is 6.65. The van der Waals surface area contributed by atoms with Crippen molar-refractivity contribution >= 4 is 28.7 Å². The van der Waals surface area contributed by atoms with Gasteiger partial charge in [0.2, 0.25) is 10.0 Å². The summed E-state index contributed by atoms with van der Waals surface area (Å²) < 4.78 is 52.1. The van der Waals surface area contributed by atoms with E-state index in [4.69, 9.17) is 18.8 Å². The van der Waals surface area contributed by atoms with Gasteiger partial charge >= 0.3 is 13.2 Å². The van der Waals surface area contributed by atoms with Gasteiger partial charge in [0.25, 0.3) is 0 Å². The molecule has 1 amide bonds. The lowest BCUT2D eigenvalue weighted by Crippen LogP contribution is -2.51. The minimum absolute atomic E-state index is 0.0149. The Bertz CT molecular complexity index is 1300. The standard InChI is InChI=1S/C31H45BN2O8S/c1-22(2)19-34(43(37,38)26-14-12-24(13-15-26)32-41-30(3,4)31(5,6)42-32)20-28(35)27(18-23-10-8-7-9-11-23)33-29(36)40-25-16-17-39-21-25/h7-15,22,25,27-28,35H,16-21H2,1-6H3,(H,33,36)/t25-,27?,28+/m0/s1. The quantitative estimate of drug-likeness (QED) is 0.349. The predicted octanol–water partition coefficient (Wildman–Crippen LogP) is 3.12. The molecule has 2 fully saturated rings. The van der Waals surface area contributed by atoms with Gasteiger partial charge in [0.15, 0.2) is 0 Å². The number of benzene rings is 2. The second kappa shape index (κ2) is 13.7.